The van der Waals surface area contributed by atoms with Crippen molar-refractivity contribution in [1.29, 1.82) is 0 Å². The standard InChI is InChI=1S/C13H21NO4S.ClH/c1-13(2,3)11(15)17-9-18-12(16)19-8-4-5-10-6-7-14(10)19;/h8,10H,4-7,9H2,1-3H3;1H. The van der Waals surface area contributed by atoms with Crippen molar-refractivity contribution in [3.05, 3.63) is 0 Å². The second-order valence-electron chi connectivity index (χ2n) is 5.84. The van der Waals surface area contributed by atoms with Crippen molar-refractivity contribution in [3.8, 4) is 0 Å². The van der Waals surface area contributed by atoms with E-state index >= 15 is 0 Å². The van der Waals surface area contributed by atoms with Gasteiger partial charge in [0.1, 0.15) is 0 Å². The number of carbonyl (C=O) groups is 2. The zero-order valence-corrected chi connectivity index (χ0v) is 13.7. The predicted molar refractivity (Wildman–Crippen MR) is 82.1 cm³/mol. The van der Waals surface area contributed by atoms with E-state index in [0.717, 1.165) is 19.4 Å². The molecule has 0 spiro atoms. The third kappa shape index (κ3) is 3.96. The molecule has 0 aromatic carbocycles. The Kier molecular flexibility index (Phi) is 6.04. The number of ether oxygens (including phenoxy) is 2. The molecule has 5 nitrogen and oxygen atoms in total. The fourth-order valence-electron chi connectivity index (χ4n) is 2.00. The molecule has 1 fully saturated rings. The lowest BCUT2D eigenvalue weighted by Gasteiger charge is -2.44. The summed E-state index contributed by atoms with van der Waals surface area (Å²) in [7, 11) is -0.557. The number of carbonyl (C=O) groups excluding carboxylic acids is 2. The van der Waals surface area contributed by atoms with Crippen LogP contribution in [0.1, 0.15) is 40.0 Å². The average Bonchev–Trinajstić information content (AvgIpc) is 2.28. The van der Waals surface area contributed by atoms with Crippen LogP contribution in [0.5, 0.6) is 0 Å². The van der Waals surface area contributed by atoms with Gasteiger partial charge in [-0.1, -0.05) is 0 Å². The third-order valence-electron chi connectivity index (χ3n) is 3.27. The molecule has 1 saturated heterocycles. The summed E-state index contributed by atoms with van der Waals surface area (Å²) in [6, 6.07) is 0.540. The van der Waals surface area contributed by atoms with Crippen LogP contribution < -0.4 is 0 Å². The average molecular weight is 324 g/mol. The second-order valence-corrected chi connectivity index (χ2v) is 7.60. The number of hydrogen-bond donors (Lipinski definition) is 0. The zero-order valence-electron chi connectivity index (χ0n) is 12.1. The lowest BCUT2D eigenvalue weighted by atomic mass is 9.98. The summed E-state index contributed by atoms with van der Waals surface area (Å²) in [5.74, 6) is -0.363. The Morgan fingerprint density at radius 3 is 2.55 bits per heavy atom. The second kappa shape index (κ2) is 6.91. The number of esters is 1. The van der Waals surface area contributed by atoms with Crippen LogP contribution in [-0.2, 0) is 14.3 Å². The highest BCUT2D eigenvalue weighted by molar-refractivity contribution is 8.25. The smallest absolute Gasteiger partial charge is 0.378 e. The van der Waals surface area contributed by atoms with Crippen molar-refractivity contribution in [3.63, 3.8) is 0 Å². The third-order valence-corrected chi connectivity index (χ3v) is 5.26. The lowest BCUT2D eigenvalue weighted by Crippen LogP contribution is -2.46. The summed E-state index contributed by atoms with van der Waals surface area (Å²) in [6.45, 7) is 5.96. The molecule has 0 aromatic rings. The Morgan fingerprint density at radius 2 is 2.00 bits per heavy atom. The van der Waals surface area contributed by atoms with Gasteiger partial charge in [-0.25, -0.2) is 9.10 Å². The van der Waals surface area contributed by atoms with E-state index in [0.29, 0.717) is 6.04 Å². The number of fused-ring (bicyclic) bond motifs is 1. The minimum Gasteiger partial charge on any atom is -0.427 e. The maximum absolute atomic E-state index is 11.9. The van der Waals surface area contributed by atoms with E-state index < -0.39 is 16.1 Å². The van der Waals surface area contributed by atoms with Crippen LogP contribution in [-0.4, -0.2) is 40.3 Å². The molecule has 2 rings (SSSR count). The number of rotatable bonds is 2. The quantitative estimate of drug-likeness (QED) is 0.444. The fourth-order valence-corrected chi connectivity index (χ4v) is 3.89. The highest BCUT2D eigenvalue weighted by Gasteiger charge is 2.35. The van der Waals surface area contributed by atoms with E-state index in [1.54, 1.807) is 20.8 Å². The van der Waals surface area contributed by atoms with E-state index in [9.17, 15) is 9.59 Å². The molecule has 0 radical (unpaired) electrons. The van der Waals surface area contributed by atoms with Crippen molar-refractivity contribution in [2.24, 2.45) is 5.41 Å². The van der Waals surface area contributed by atoms with E-state index in [4.69, 9.17) is 9.47 Å². The Labute approximate surface area is 128 Å². The molecule has 0 N–H and O–H groups in total. The predicted octanol–water partition coefficient (Wildman–Crippen LogP) is 2.95. The van der Waals surface area contributed by atoms with E-state index in [-0.39, 0.29) is 30.5 Å². The van der Waals surface area contributed by atoms with Gasteiger partial charge in [-0.3, -0.25) is 4.79 Å². The highest BCUT2D eigenvalue weighted by atomic mass is 35.5. The molecule has 0 aliphatic carbocycles. The van der Waals surface area contributed by atoms with Gasteiger partial charge >= 0.3 is 11.3 Å². The van der Waals surface area contributed by atoms with Crippen molar-refractivity contribution >= 4 is 39.7 Å². The number of hydrogen-bond acceptors (Lipinski definition) is 5. The molecular weight excluding hydrogens is 302 g/mol. The minimum absolute atomic E-state index is 0. The van der Waals surface area contributed by atoms with Gasteiger partial charge in [-0.15, -0.1) is 12.4 Å². The summed E-state index contributed by atoms with van der Waals surface area (Å²) in [4.78, 5) is 23.5. The van der Waals surface area contributed by atoms with Gasteiger partial charge in [0.05, 0.1) is 5.41 Å². The zero-order chi connectivity index (χ0) is 14.0. The molecule has 0 amide bonds. The van der Waals surface area contributed by atoms with Crippen LogP contribution in [0.15, 0.2) is 0 Å². The molecule has 7 heteroatoms. The van der Waals surface area contributed by atoms with Gasteiger partial charge in [0.25, 0.3) is 0 Å². The number of nitrogens with zero attached hydrogens (tertiary/aromatic N) is 1. The monoisotopic (exact) mass is 323 g/mol. The summed E-state index contributed by atoms with van der Waals surface area (Å²) in [6.07, 6.45) is 3.26. The minimum atomic E-state index is -0.575. The first kappa shape index (κ1) is 17.5. The van der Waals surface area contributed by atoms with Crippen LogP contribution >= 0.6 is 23.1 Å². The molecule has 20 heavy (non-hydrogen) atoms. The molecule has 2 aliphatic rings. The van der Waals surface area contributed by atoms with Gasteiger partial charge in [-0.05, 0) is 56.1 Å². The summed E-state index contributed by atoms with van der Waals surface area (Å²) in [5.41, 5.74) is -0.575. The van der Waals surface area contributed by atoms with Crippen molar-refractivity contribution < 1.29 is 19.1 Å². The van der Waals surface area contributed by atoms with Gasteiger partial charge in [0.2, 0.25) is 6.79 Å². The summed E-state index contributed by atoms with van der Waals surface area (Å²) < 4.78 is 12.2. The largest absolute Gasteiger partial charge is 0.427 e. The molecular formula is C13H22ClNO4S. The maximum atomic E-state index is 11.9. The molecule has 116 valence electrons. The van der Waals surface area contributed by atoms with Crippen LogP contribution in [0.4, 0.5) is 4.79 Å². The SMILES string of the molecule is CC(C)(C)C(=O)OCOC(=O)S1=CCCC2CCN21.Cl. The molecule has 2 unspecified atom stereocenters. The van der Waals surface area contributed by atoms with Crippen molar-refractivity contribution in [2.75, 3.05) is 13.3 Å². The van der Waals surface area contributed by atoms with Crippen LogP contribution in [0, 0.1) is 5.41 Å². The van der Waals surface area contributed by atoms with Gasteiger partial charge in [-0.2, -0.15) is 0 Å². The van der Waals surface area contributed by atoms with Crippen LogP contribution in [0.25, 0.3) is 0 Å². The Morgan fingerprint density at radius 1 is 1.30 bits per heavy atom. The first-order chi connectivity index (χ1) is 8.89. The first-order valence-corrected chi connectivity index (χ1v) is 7.81. The number of halogens is 1. The Balaban J connectivity index is 0.00000200. The Hall–Kier alpha value is -0.590. The highest BCUT2D eigenvalue weighted by Crippen LogP contribution is 2.38. The molecule has 2 aliphatic heterocycles. The van der Waals surface area contributed by atoms with Crippen molar-refractivity contribution in [1.82, 2.24) is 4.31 Å². The molecule has 0 aromatic heterocycles. The maximum Gasteiger partial charge on any atom is 0.378 e. The lowest BCUT2D eigenvalue weighted by molar-refractivity contribution is -0.160. The van der Waals surface area contributed by atoms with Gasteiger partial charge in [0.15, 0.2) is 0 Å². The Bertz CT molecular complexity index is 419. The van der Waals surface area contributed by atoms with Crippen LogP contribution in [0.2, 0.25) is 0 Å². The van der Waals surface area contributed by atoms with E-state index in [2.05, 4.69) is 4.31 Å². The van der Waals surface area contributed by atoms with Gasteiger partial charge < -0.3 is 9.47 Å². The molecule has 2 heterocycles. The van der Waals surface area contributed by atoms with E-state index in [1.165, 1.54) is 6.42 Å². The molecule has 0 bridgehead atoms. The summed E-state index contributed by atoms with van der Waals surface area (Å²) in [5, 5.41) is 1.73. The van der Waals surface area contributed by atoms with Gasteiger partial charge in [0, 0.05) is 12.6 Å². The van der Waals surface area contributed by atoms with Crippen LogP contribution in [0.3, 0.4) is 0 Å². The van der Waals surface area contributed by atoms with Crippen molar-refractivity contribution in [2.45, 2.75) is 46.1 Å². The topological polar surface area (TPSA) is 55.8 Å². The normalized spacial score (nSPS) is 25.4. The fraction of sp³-hybridized carbons (Fsp3) is 0.769. The first-order valence-electron chi connectivity index (χ1n) is 6.57. The molecule has 0 saturated carbocycles. The summed E-state index contributed by atoms with van der Waals surface area (Å²) >= 11 is 0. The molecule has 2 atom stereocenters. The van der Waals surface area contributed by atoms with E-state index in [1.807, 2.05) is 5.37 Å².